The van der Waals surface area contributed by atoms with Crippen LogP contribution in [-0.2, 0) is 14.3 Å². The third-order valence-corrected chi connectivity index (χ3v) is 4.89. The van der Waals surface area contributed by atoms with Gasteiger partial charge in [0.1, 0.15) is 5.54 Å². The predicted molar refractivity (Wildman–Crippen MR) is 82.3 cm³/mol. The van der Waals surface area contributed by atoms with Gasteiger partial charge in [-0.1, -0.05) is 6.92 Å². The molecular weight excluding hydrogens is 268 g/mol. The van der Waals surface area contributed by atoms with Gasteiger partial charge in [0, 0.05) is 26.2 Å². The first-order valence-corrected chi connectivity index (χ1v) is 8.34. The molecule has 0 bridgehead atoms. The molecule has 1 aliphatic heterocycles. The summed E-state index contributed by atoms with van der Waals surface area (Å²) in [6, 6.07) is 0.471. The zero-order chi connectivity index (χ0) is 15.3. The molecule has 3 unspecified atom stereocenters. The Morgan fingerprint density at radius 2 is 2.19 bits per heavy atom. The average molecular weight is 298 g/mol. The van der Waals surface area contributed by atoms with Crippen LogP contribution in [0.25, 0.3) is 0 Å². The van der Waals surface area contributed by atoms with Gasteiger partial charge in [-0.25, -0.2) is 0 Å². The second-order valence-corrected chi connectivity index (χ2v) is 6.27. The van der Waals surface area contributed by atoms with Gasteiger partial charge >= 0.3 is 5.97 Å². The minimum Gasteiger partial charge on any atom is -0.465 e. The van der Waals surface area contributed by atoms with Gasteiger partial charge in [-0.3, -0.25) is 9.69 Å². The molecule has 122 valence electrons. The SMILES string of the molecule is CCCNC1(C(=O)OCC)CCC(N2CCC(OC)C2)C1. The fourth-order valence-electron chi connectivity index (χ4n) is 3.66. The highest BCUT2D eigenvalue weighted by Crippen LogP contribution is 2.36. The molecule has 1 aliphatic carbocycles. The number of ether oxygens (including phenoxy) is 2. The largest absolute Gasteiger partial charge is 0.465 e. The molecule has 5 heteroatoms. The summed E-state index contributed by atoms with van der Waals surface area (Å²) in [7, 11) is 1.79. The van der Waals surface area contributed by atoms with Crippen molar-refractivity contribution in [3.8, 4) is 0 Å². The number of hydrogen-bond donors (Lipinski definition) is 1. The second kappa shape index (κ2) is 7.56. The number of carbonyl (C=O) groups excluding carboxylic acids is 1. The zero-order valence-corrected chi connectivity index (χ0v) is 13.7. The Hall–Kier alpha value is -0.650. The van der Waals surface area contributed by atoms with Crippen molar-refractivity contribution in [2.24, 2.45) is 0 Å². The van der Waals surface area contributed by atoms with Crippen molar-refractivity contribution in [2.45, 2.75) is 63.6 Å². The number of esters is 1. The molecule has 2 aliphatic rings. The van der Waals surface area contributed by atoms with E-state index in [9.17, 15) is 4.79 Å². The highest BCUT2D eigenvalue weighted by atomic mass is 16.5. The van der Waals surface area contributed by atoms with Crippen molar-refractivity contribution < 1.29 is 14.3 Å². The fraction of sp³-hybridized carbons (Fsp3) is 0.938. The molecule has 0 aromatic rings. The van der Waals surface area contributed by atoms with Crippen molar-refractivity contribution in [2.75, 3.05) is 33.4 Å². The summed E-state index contributed by atoms with van der Waals surface area (Å²) in [6.45, 7) is 7.40. The maximum Gasteiger partial charge on any atom is 0.326 e. The van der Waals surface area contributed by atoms with Crippen LogP contribution in [0.2, 0.25) is 0 Å². The summed E-state index contributed by atoms with van der Waals surface area (Å²) in [5, 5.41) is 3.48. The molecule has 2 fully saturated rings. The van der Waals surface area contributed by atoms with Crippen LogP contribution >= 0.6 is 0 Å². The highest BCUT2D eigenvalue weighted by molar-refractivity contribution is 5.81. The van der Waals surface area contributed by atoms with Crippen LogP contribution < -0.4 is 5.32 Å². The van der Waals surface area contributed by atoms with Gasteiger partial charge in [-0.2, -0.15) is 0 Å². The maximum absolute atomic E-state index is 12.4. The molecule has 1 saturated carbocycles. The van der Waals surface area contributed by atoms with Crippen molar-refractivity contribution in [1.82, 2.24) is 10.2 Å². The van der Waals surface area contributed by atoms with Gasteiger partial charge in [0.2, 0.25) is 0 Å². The van der Waals surface area contributed by atoms with Gasteiger partial charge in [0.05, 0.1) is 12.7 Å². The molecule has 5 nitrogen and oxygen atoms in total. The van der Waals surface area contributed by atoms with Crippen LogP contribution in [0.1, 0.15) is 46.0 Å². The van der Waals surface area contributed by atoms with Gasteiger partial charge in [0.25, 0.3) is 0 Å². The lowest BCUT2D eigenvalue weighted by Gasteiger charge is -2.30. The standard InChI is InChI=1S/C16H30N2O3/c1-4-9-17-16(15(19)21-5-2)8-6-13(11-16)18-10-7-14(12-18)20-3/h13-14,17H,4-12H2,1-3H3. The number of methoxy groups -OCH3 is 1. The molecular formula is C16H30N2O3. The molecule has 0 amide bonds. The van der Waals surface area contributed by atoms with E-state index in [1.54, 1.807) is 7.11 Å². The number of likely N-dealkylation sites (tertiary alicyclic amines) is 1. The molecule has 2 rings (SSSR count). The van der Waals surface area contributed by atoms with Gasteiger partial charge < -0.3 is 14.8 Å². The first-order chi connectivity index (χ1) is 10.1. The molecule has 3 atom stereocenters. The Labute approximate surface area is 128 Å². The minimum atomic E-state index is -0.470. The van der Waals surface area contributed by atoms with Gasteiger partial charge in [-0.15, -0.1) is 0 Å². The van der Waals surface area contributed by atoms with Crippen LogP contribution in [0.5, 0.6) is 0 Å². The molecule has 1 saturated heterocycles. The summed E-state index contributed by atoms with van der Waals surface area (Å²) in [5.74, 6) is -0.0663. The predicted octanol–water partition coefficient (Wildman–Crippen LogP) is 1.56. The summed E-state index contributed by atoms with van der Waals surface area (Å²) >= 11 is 0. The van der Waals surface area contributed by atoms with Crippen molar-refractivity contribution >= 4 is 5.97 Å². The highest BCUT2D eigenvalue weighted by Gasteiger charge is 2.48. The third kappa shape index (κ3) is 3.76. The van der Waals surface area contributed by atoms with Crippen LogP contribution in [0, 0.1) is 0 Å². The maximum atomic E-state index is 12.4. The van der Waals surface area contributed by atoms with Crippen LogP contribution in [-0.4, -0.2) is 61.9 Å². The quantitative estimate of drug-likeness (QED) is 0.723. The van der Waals surface area contributed by atoms with E-state index in [1.807, 2.05) is 6.92 Å². The monoisotopic (exact) mass is 298 g/mol. The Kier molecular flexibility index (Phi) is 6.02. The number of nitrogens with one attached hydrogen (secondary N) is 1. The van der Waals surface area contributed by atoms with Crippen molar-refractivity contribution in [1.29, 1.82) is 0 Å². The van der Waals surface area contributed by atoms with Gasteiger partial charge in [0.15, 0.2) is 0 Å². The smallest absolute Gasteiger partial charge is 0.326 e. The van der Waals surface area contributed by atoms with E-state index < -0.39 is 5.54 Å². The number of nitrogens with zero attached hydrogens (tertiary/aromatic N) is 1. The first-order valence-electron chi connectivity index (χ1n) is 8.34. The summed E-state index contributed by atoms with van der Waals surface area (Å²) in [6.07, 6.45) is 5.29. The Bertz CT molecular complexity index is 350. The second-order valence-electron chi connectivity index (χ2n) is 6.27. The summed E-state index contributed by atoms with van der Waals surface area (Å²) < 4.78 is 10.8. The van der Waals surface area contributed by atoms with E-state index in [0.29, 0.717) is 18.8 Å². The summed E-state index contributed by atoms with van der Waals surface area (Å²) in [4.78, 5) is 14.9. The topological polar surface area (TPSA) is 50.8 Å². The van der Waals surface area contributed by atoms with E-state index in [4.69, 9.17) is 9.47 Å². The molecule has 1 heterocycles. The molecule has 0 aromatic heterocycles. The van der Waals surface area contributed by atoms with Crippen LogP contribution in [0.4, 0.5) is 0 Å². The Morgan fingerprint density at radius 3 is 2.81 bits per heavy atom. The van der Waals surface area contributed by atoms with Gasteiger partial charge in [-0.05, 0) is 45.6 Å². The number of rotatable bonds is 7. The Balaban J connectivity index is 1.98. The van der Waals surface area contributed by atoms with E-state index in [-0.39, 0.29) is 5.97 Å². The van der Waals surface area contributed by atoms with Crippen molar-refractivity contribution in [3.05, 3.63) is 0 Å². The normalized spacial score (nSPS) is 33.5. The lowest BCUT2D eigenvalue weighted by molar-refractivity contribution is -0.151. The number of hydrogen-bond acceptors (Lipinski definition) is 5. The lowest BCUT2D eigenvalue weighted by atomic mass is 9.97. The Morgan fingerprint density at radius 1 is 1.38 bits per heavy atom. The van der Waals surface area contributed by atoms with E-state index >= 15 is 0 Å². The molecule has 21 heavy (non-hydrogen) atoms. The van der Waals surface area contributed by atoms with E-state index in [1.165, 1.54) is 0 Å². The average Bonchev–Trinajstić information content (AvgIpc) is 3.12. The van der Waals surface area contributed by atoms with E-state index in [2.05, 4.69) is 17.1 Å². The first kappa shape index (κ1) is 16.7. The van der Waals surface area contributed by atoms with Crippen molar-refractivity contribution in [3.63, 3.8) is 0 Å². The minimum absolute atomic E-state index is 0.0663. The third-order valence-electron chi connectivity index (χ3n) is 4.89. The molecule has 1 N–H and O–H groups in total. The lowest BCUT2D eigenvalue weighted by Crippen LogP contribution is -2.52. The fourth-order valence-corrected chi connectivity index (χ4v) is 3.66. The molecule has 0 aromatic carbocycles. The van der Waals surface area contributed by atoms with E-state index in [0.717, 1.165) is 51.7 Å². The summed E-state index contributed by atoms with van der Waals surface area (Å²) in [5.41, 5.74) is -0.470. The zero-order valence-electron chi connectivity index (χ0n) is 13.7. The molecule has 0 spiro atoms. The number of carbonyl (C=O) groups is 1. The molecule has 0 radical (unpaired) electrons. The van der Waals surface area contributed by atoms with Crippen LogP contribution in [0.3, 0.4) is 0 Å². The van der Waals surface area contributed by atoms with Crippen LogP contribution in [0.15, 0.2) is 0 Å².